The third-order valence-electron chi connectivity index (χ3n) is 4.48. The number of benzene rings is 1. The molecule has 0 saturated heterocycles. The van der Waals surface area contributed by atoms with E-state index in [9.17, 15) is 14.4 Å². The van der Waals surface area contributed by atoms with Crippen LogP contribution in [0.5, 0.6) is 0 Å². The minimum absolute atomic E-state index is 0.0437. The first kappa shape index (κ1) is 20.1. The Balaban J connectivity index is 2.00. The molecular weight excluding hydrogens is 374 g/mol. The van der Waals surface area contributed by atoms with E-state index in [1.807, 2.05) is 25.1 Å². The van der Waals surface area contributed by atoms with E-state index in [1.165, 1.54) is 20.5 Å². The molecule has 0 unspecified atom stereocenters. The zero-order chi connectivity index (χ0) is 21.0. The Labute approximate surface area is 166 Å². The van der Waals surface area contributed by atoms with Gasteiger partial charge in [-0.05, 0) is 25.5 Å². The number of H-pyrrole nitrogens is 1. The maximum atomic E-state index is 13.1. The molecule has 10 nitrogen and oxygen atoms in total. The molecule has 29 heavy (non-hydrogen) atoms. The Hall–Kier alpha value is -3.69. The minimum Gasteiger partial charge on any atom is -0.383 e. The average Bonchev–Trinajstić information content (AvgIpc) is 3.21. The highest BCUT2D eigenvalue weighted by molar-refractivity contribution is 6.05. The van der Waals surface area contributed by atoms with E-state index < -0.39 is 17.2 Å². The van der Waals surface area contributed by atoms with Gasteiger partial charge in [-0.25, -0.2) is 4.79 Å². The van der Waals surface area contributed by atoms with Gasteiger partial charge in [-0.3, -0.25) is 24.0 Å². The standard InChI is InChI=1S/C19H23N7O3/c1-3-5-11-25-16(20)15(17(27)22-19(25)29)24(4-2)18(28)14-12-21-26(23-14)13-9-7-6-8-10-13/h6-10,12H,3-5,11,20H2,1-2H3,(H,22,27,29). The summed E-state index contributed by atoms with van der Waals surface area (Å²) in [5.74, 6) is -0.578. The third-order valence-corrected chi connectivity index (χ3v) is 4.48. The number of nitrogens with two attached hydrogens (primary N) is 1. The number of para-hydroxylation sites is 1. The van der Waals surface area contributed by atoms with Crippen molar-refractivity contribution in [1.29, 1.82) is 0 Å². The van der Waals surface area contributed by atoms with Crippen LogP contribution in [0.4, 0.5) is 11.5 Å². The lowest BCUT2D eigenvalue weighted by atomic mass is 10.3. The van der Waals surface area contributed by atoms with Crippen molar-refractivity contribution in [2.75, 3.05) is 17.2 Å². The predicted octanol–water partition coefficient (Wildman–Crippen LogP) is 1.17. The molecule has 2 heterocycles. The maximum Gasteiger partial charge on any atom is 0.330 e. The average molecular weight is 397 g/mol. The Kier molecular flexibility index (Phi) is 5.91. The van der Waals surface area contributed by atoms with E-state index in [0.29, 0.717) is 18.7 Å². The SMILES string of the molecule is CCCCn1c(N)c(N(CC)C(=O)c2cnn(-c3ccccc3)n2)c(=O)[nH]c1=O. The van der Waals surface area contributed by atoms with Crippen LogP contribution in [0.2, 0.25) is 0 Å². The number of aromatic amines is 1. The van der Waals surface area contributed by atoms with Crippen LogP contribution in [0.15, 0.2) is 46.1 Å². The molecule has 0 fully saturated rings. The van der Waals surface area contributed by atoms with Crippen molar-refractivity contribution < 1.29 is 4.79 Å². The Bertz CT molecular complexity index is 1110. The molecule has 0 radical (unpaired) electrons. The molecule has 0 aliphatic carbocycles. The molecule has 2 aromatic heterocycles. The largest absolute Gasteiger partial charge is 0.383 e. The van der Waals surface area contributed by atoms with Gasteiger partial charge in [0, 0.05) is 13.1 Å². The van der Waals surface area contributed by atoms with E-state index in [1.54, 1.807) is 19.1 Å². The topological polar surface area (TPSA) is 132 Å². The number of amides is 1. The van der Waals surface area contributed by atoms with Gasteiger partial charge in [0.25, 0.3) is 11.5 Å². The van der Waals surface area contributed by atoms with Crippen molar-refractivity contribution in [2.45, 2.75) is 33.2 Å². The molecule has 1 aromatic carbocycles. The lowest BCUT2D eigenvalue weighted by Crippen LogP contribution is -2.41. The monoisotopic (exact) mass is 397 g/mol. The van der Waals surface area contributed by atoms with Crippen molar-refractivity contribution in [3.63, 3.8) is 0 Å². The Morgan fingerprint density at radius 2 is 1.93 bits per heavy atom. The minimum atomic E-state index is -0.717. The van der Waals surface area contributed by atoms with Gasteiger partial charge in [-0.1, -0.05) is 31.5 Å². The fourth-order valence-electron chi connectivity index (χ4n) is 2.96. The van der Waals surface area contributed by atoms with Crippen LogP contribution < -0.4 is 21.9 Å². The normalized spacial score (nSPS) is 10.8. The van der Waals surface area contributed by atoms with E-state index in [4.69, 9.17) is 5.73 Å². The molecule has 10 heteroatoms. The zero-order valence-corrected chi connectivity index (χ0v) is 16.3. The fourth-order valence-corrected chi connectivity index (χ4v) is 2.96. The summed E-state index contributed by atoms with van der Waals surface area (Å²) in [6.45, 7) is 4.20. The summed E-state index contributed by atoms with van der Waals surface area (Å²) in [5.41, 5.74) is 5.49. The summed E-state index contributed by atoms with van der Waals surface area (Å²) in [4.78, 5) is 42.4. The predicted molar refractivity (Wildman–Crippen MR) is 109 cm³/mol. The van der Waals surface area contributed by atoms with Crippen molar-refractivity contribution in [2.24, 2.45) is 0 Å². The van der Waals surface area contributed by atoms with Gasteiger partial charge in [0.05, 0.1) is 11.9 Å². The molecule has 3 N–H and O–H groups in total. The first-order valence-electron chi connectivity index (χ1n) is 9.40. The van der Waals surface area contributed by atoms with Crippen LogP contribution in [0, 0.1) is 0 Å². The first-order valence-corrected chi connectivity index (χ1v) is 9.40. The number of rotatable bonds is 7. The van der Waals surface area contributed by atoms with Gasteiger partial charge >= 0.3 is 5.69 Å². The number of hydrogen-bond acceptors (Lipinski definition) is 6. The smallest absolute Gasteiger partial charge is 0.330 e. The molecule has 3 rings (SSSR count). The summed E-state index contributed by atoms with van der Waals surface area (Å²) in [7, 11) is 0. The highest BCUT2D eigenvalue weighted by Crippen LogP contribution is 2.19. The Morgan fingerprint density at radius 1 is 1.21 bits per heavy atom. The van der Waals surface area contributed by atoms with Gasteiger partial charge in [0.2, 0.25) is 0 Å². The van der Waals surface area contributed by atoms with Gasteiger partial charge < -0.3 is 5.73 Å². The number of nitrogens with one attached hydrogen (secondary N) is 1. The number of carbonyl (C=O) groups is 1. The zero-order valence-electron chi connectivity index (χ0n) is 16.3. The van der Waals surface area contributed by atoms with Crippen LogP contribution >= 0.6 is 0 Å². The van der Waals surface area contributed by atoms with Gasteiger partial charge in [-0.2, -0.15) is 9.90 Å². The number of anilines is 2. The summed E-state index contributed by atoms with van der Waals surface area (Å²) < 4.78 is 1.27. The summed E-state index contributed by atoms with van der Waals surface area (Å²) in [6.07, 6.45) is 2.88. The number of carbonyl (C=O) groups excluding carboxylic acids is 1. The fraction of sp³-hybridized carbons (Fsp3) is 0.316. The maximum absolute atomic E-state index is 13.1. The third kappa shape index (κ3) is 3.96. The van der Waals surface area contributed by atoms with Crippen LogP contribution in [0.25, 0.3) is 5.69 Å². The highest BCUT2D eigenvalue weighted by Gasteiger charge is 2.26. The number of nitrogen functional groups attached to an aromatic ring is 1. The second-order valence-electron chi connectivity index (χ2n) is 6.40. The molecule has 1 amide bonds. The lowest BCUT2D eigenvalue weighted by molar-refractivity contribution is 0.0982. The van der Waals surface area contributed by atoms with E-state index in [2.05, 4.69) is 15.2 Å². The summed E-state index contributed by atoms with van der Waals surface area (Å²) in [6, 6.07) is 9.13. The molecule has 0 atom stereocenters. The van der Waals surface area contributed by atoms with Gasteiger partial charge in [-0.15, -0.1) is 5.10 Å². The van der Waals surface area contributed by atoms with Gasteiger partial charge in [0.15, 0.2) is 11.4 Å². The highest BCUT2D eigenvalue weighted by atomic mass is 16.2. The van der Waals surface area contributed by atoms with E-state index >= 15 is 0 Å². The number of hydrogen-bond donors (Lipinski definition) is 2. The molecule has 0 spiro atoms. The molecular formula is C19H23N7O3. The van der Waals surface area contributed by atoms with Gasteiger partial charge in [0.1, 0.15) is 5.82 Å². The van der Waals surface area contributed by atoms with E-state index in [0.717, 1.165) is 6.42 Å². The van der Waals surface area contributed by atoms with Crippen LogP contribution in [-0.4, -0.2) is 37.0 Å². The second kappa shape index (κ2) is 8.55. The van der Waals surface area contributed by atoms with Crippen LogP contribution in [-0.2, 0) is 6.54 Å². The quantitative estimate of drug-likeness (QED) is 0.615. The van der Waals surface area contributed by atoms with Crippen LogP contribution in [0.1, 0.15) is 37.2 Å². The number of aromatic nitrogens is 5. The number of unbranched alkanes of at least 4 members (excludes halogenated alkanes) is 1. The second-order valence-corrected chi connectivity index (χ2v) is 6.40. The molecule has 0 bridgehead atoms. The van der Waals surface area contributed by atoms with Crippen molar-refractivity contribution in [3.8, 4) is 5.69 Å². The van der Waals surface area contributed by atoms with E-state index in [-0.39, 0.29) is 23.7 Å². The van der Waals surface area contributed by atoms with Crippen molar-refractivity contribution >= 4 is 17.4 Å². The van der Waals surface area contributed by atoms with Crippen molar-refractivity contribution in [3.05, 3.63) is 63.1 Å². The van der Waals surface area contributed by atoms with Crippen molar-refractivity contribution in [1.82, 2.24) is 24.5 Å². The Morgan fingerprint density at radius 3 is 2.59 bits per heavy atom. The molecule has 0 saturated carbocycles. The summed E-state index contributed by atoms with van der Waals surface area (Å²) in [5, 5.41) is 8.34. The molecule has 0 aliphatic heterocycles. The summed E-state index contributed by atoms with van der Waals surface area (Å²) >= 11 is 0. The molecule has 152 valence electrons. The number of nitrogens with zero attached hydrogens (tertiary/aromatic N) is 5. The van der Waals surface area contributed by atoms with Crippen LogP contribution in [0.3, 0.4) is 0 Å². The lowest BCUT2D eigenvalue weighted by Gasteiger charge is -2.22. The molecule has 0 aliphatic rings. The first-order chi connectivity index (χ1) is 14.0. The molecule has 3 aromatic rings.